The first-order valence-electron chi connectivity index (χ1n) is 36.4. The van der Waals surface area contributed by atoms with Crippen molar-refractivity contribution in [1.29, 1.82) is 0 Å². The van der Waals surface area contributed by atoms with Crippen LogP contribution in [0.15, 0.2) is 242 Å². The van der Waals surface area contributed by atoms with Crippen molar-refractivity contribution in [2.45, 2.75) is 26.2 Å². The predicted octanol–water partition coefficient (Wildman–Crippen LogP) is 15.8. The molecule has 14 heterocycles. The van der Waals surface area contributed by atoms with Crippen molar-refractivity contribution in [2.24, 2.45) is 0 Å². The van der Waals surface area contributed by atoms with Gasteiger partial charge in [-0.3, -0.25) is 19.2 Å². The van der Waals surface area contributed by atoms with Crippen molar-refractivity contribution >= 4 is 165 Å². The van der Waals surface area contributed by atoms with E-state index in [4.69, 9.17) is 11.5 Å². The number of fused-ring (bicyclic) bond motifs is 12. The fraction of sp³-hybridized carbons (Fsp3) is 0.0465. The van der Waals surface area contributed by atoms with Gasteiger partial charge in [0.1, 0.15) is 51.9 Å². The second-order valence-electron chi connectivity index (χ2n) is 27.3. The molecule has 20 aromatic rings. The van der Waals surface area contributed by atoms with Gasteiger partial charge in [-0.25, -0.2) is 62.3 Å². The SMILES string of the molecule is Nc1cc(Cn2c(C(=O)O)c(-c3ccc[nH]c3=O)c3c4ncsc4ccc32)ccn1.Nc1cc(Cn2c(C(=O)O)c(-c3ccc[nH]c3=O)c3c4scnc4ccc32)ccn1.O=C(O)c1c(-c2ccc[nH]c2=O)c2c3ncsc3ccc2n1Cc1ccccc1F.O=C(O)c1c(-c2ccc[nH]c2=O)c2c3scnc3ccc2n1Cc1ccc(F)cc1F. The molecule has 0 radical (unpaired) electrons. The molecule has 598 valence electrons. The maximum Gasteiger partial charge on any atom is 0.353 e. The Balaban J connectivity index is 0.000000115. The number of aromatic amines is 4. The lowest BCUT2D eigenvalue weighted by molar-refractivity contribution is 0.0676. The molecule has 6 aromatic carbocycles. The van der Waals surface area contributed by atoms with Gasteiger partial charge in [-0.15, -0.1) is 45.3 Å². The number of anilines is 2. The Morgan fingerprint density at radius 2 is 0.719 bits per heavy atom. The summed E-state index contributed by atoms with van der Waals surface area (Å²) >= 11 is 5.63. The molecule has 0 unspecified atom stereocenters. The van der Waals surface area contributed by atoms with Gasteiger partial charge in [-0.1, -0.05) is 24.3 Å². The highest BCUT2D eigenvalue weighted by molar-refractivity contribution is 7.18. The van der Waals surface area contributed by atoms with Gasteiger partial charge >= 0.3 is 23.9 Å². The van der Waals surface area contributed by atoms with E-state index in [1.807, 2.05) is 30.3 Å². The van der Waals surface area contributed by atoms with E-state index >= 15 is 0 Å². The molecule has 0 atom stereocenters. The number of carbonyl (C=O) groups is 4. The Kier molecular flexibility index (Phi) is 20.7. The number of halogens is 3. The average molecular weight is 1690 g/mol. The van der Waals surface area contributed by atoms with Crippen LogP contribution in [0.3, 0.4) is 0 Å². The van der Waals surface area contributed by atoms with Crippen LogP contribution in [0.2, 0.25) is 0 Å². The summed E-state index contributed by atoms with van der Waals surface area (Å²) in [6, 6.07) is 43.9. The van der Waals surface area contributed by atoms with E-state index in [0.29, 0.717) is 94.1 Å². The van der Waals surface area contributed by atoms with E-state index in [2.05, 4.69) is 49.8 Å². The van der Waals surface area contributed by atoms with Crippen LogP contribution >= 0.6 is 45.3 Å². The Morgan fingerprint density at radius 1 is 0.364 bits per heavy atom. The predicted molar refractivity (Wildman–Crippen MR) is 459 cm³/mol. The Labute approximate surface area is 691 Å². The van der Waals surface area contributed by atoms with E-state index in [1.165, 1.54) is 91.4 Å². The topological polar surface area (TPSA) is 430 Å². The lowest BCUT2D eigenvalue weighted by Crippen LogP contribution is -2.14. The van der Waals surface area contributed by atoms with E-state index in [1.54, 1.807) is 153 Å². The summed E-state index contributed by atoms with van der Waals surface area (Å²) in [6.45, 7) is 0.371. The summed E-state index contributed by atoms with van der Waals surface area (Å²) in [5.41, 5.74) is 26.1. The first-order valence-corrected chi connectivity index (χ1v) is 39.9. The number of thiazole rings is 4. The highest BCUT2D eigenvalue weighted by atomic mass is 32.1. The lowest BCUT2D eigenvalue weighted by atomic mass is 10.0. The van der Waals surface area contributed by atoms with Crippen molar-refractivity contribution < 1.29 is 52.8 Å². The van der Waals surface area contributed by atoms with Gasteiger partial charge in [-0.2, -0.15) is 0 Å². The summed E-state index contributed by atoms with van der Waals surface area (Å²) in [7, 11) is 0. The normalized spacial score (nSPS) is 11.4. The highest BCUT2D eigenvalue weighted by Crippen LogP contribution is 2.45. The molecule has 14 aromatic heterocycles. The van der Waals surface area contributed by atoms with Gasteiger partial charge in [0.2, 0.25) is 0 Å². The molecule has 0 saturated heterocycles. The third-order valence-corrected chi connectivity index (χ3v) is 23.6. The van der Waals surface area contributed by atoms with Crippen molar-refractivity contribution in [3.63, 3.8) is 0 Å². The van der Waals surface area contributed by atoms with Gasteiger partial charge < -0.3 is 70.1 Å². The molecule has 28 nitrogen and oxygen atoms in total. The molecular weight excluding hydrogens is 1630 g/mol. The number of pyridine rings is 6. The zero-order valence-electron chi connectivity index (χ0n) is 62.1. The highest BCUT2D eigenvalue weighted by Gasteiger charge is 2.33. The van der Waals surface area contributed by atoms with E-state index in [0.717, 1.165) is 47.6 Å². The van der Waals surface area contributed by atoms with Crippen LogP contribution in [0.4, 0.5) is 24.8 Å². The Morgan fingerprint density at radius 3 is 1.09 bits per heavy atom. The number of benzene rings is 6. The van der Waals surface area contributed by atoms with Crippen molar-refractivity contribution in [1.82, 2.24) is 68.1 Å². The maximum atomic E-state index is 14.4. The minimum Gasteiger partial charge on any atom is -0.477 e. The largest absolute Gasteiger partial charge is 0.477 e. The molecule has 0 amide bonds. The van der Waals surface area contributed by atoms with Crippen molar-refractivity contribution in [3.8, 4) is 44.5 Å². The monoisotopic (exact) mass is 1690 g/mol. The molecule has 12 N–H and O–H groups in total. The van der Waals surface area contributed by atoms with Crippen LogP contribution in [0, 0.1) is 17.5 Å². The van der Waals surface area contributed by atoms with Gasteiger partial charge in [0.15, 0.2) is 0 Å². The number of hydrogen-bond acceptors (Lipinski definition) is 20. The number of carboxylic acids is 4. The molecule has 0 fully saturated rings. The Hall–Kier alpha value is -15.6. The standard InChI is InChI=1S/C22H13F2N3O3S.C22H14FN3O3S.2C21H15N5O3S/c23-12-4-3-11(14(24)8-12)9-27-16-6-5-15-20(31-10-26-15)18(16)17(19(27)22(29)30)13-2-1-7-25-21(13)28;23-14-6-2-1-4-12(14)10-26-15-7-8-16-19(25-11-30-16)18(15)17(20(26)22(28)29)13-5-3-9-24-21(13)27;22-15-8-11(5-7-23-15)9-26-14-4-3-13-19(30-10-25-13)17(14)16(18(26)21(28)29)12-2-1-6-24-20(12)27;22-15-8-11(5-7-23-15)9-26-13-3-4-14-18(25-10-30-14)17(13)16(19(26)21(28)29)12-2-1-6-24-20(12)27/h1-8,10H,9H2,(H,25,28)(H,29,30);1-9,11H,10H2,(H,24,27)(H,28,29);2*1-8,10H,9H2,(H2,22,23)(H,24,27)(H,28,29). The Bertz CT molecular complexity index is 7650. The van der Waals surface area contributed by atoms with Crippen LogP contribution in [0.1, 0.15) is 64.2 Å². The van der Waals surface area contributed by atoms with Crippen LogP contribution in [0.25, 0.3) is 129 Å². The molecule has 20 rings (SSSR count). The second kappa shape index (κ2) is 32.1. The van der Waals surface area contributed by atoms with E-state index < -0.39 is 52.4 Å². The van der Waals surface area contributed by atoms with Crippen LogP contribution in [0.5, 0.6) is 0 Å². The number of rotatable bonds is 16. The quantitative estimate of drug-likeness (QED) is 0.0429. The second-order valence-corrected chi connectivity index (χ2v) is 30.7. The summed E-state index contributed by atoms with van der Waals surface area (Å²) < 4.78 is 51.9. The summed E-state index contributed by atoms with van der Waals surface area (Å²) in [5, 5.41) is 43.0. The molecule has 0 spiro atoms. The van der Waals surface area contributed by atoms with Gasteiger partial charge in [0.05, 0.1) is 120 Å². The summed E-state index contributed by atoms with van der Waals surface area (Å²) in [4.78, 5) is 136. The molecule has 0 aliphatic rings. The van der Waals surface area contributed by atoms with Crippen molar-refractivity contribution in [3.05, 3.63) is 327 Å². The average Bonchev–Trinajstić information content (AvgIpc) is 1.58. The third kappa shape index (κ3) is 14.3. The van der Waals surface area contributed by atoms with E-state index in [9.17, 15) is 72.0 Å². The number of hydrogen-bond donors (Lipinski definition) is 10. The van der Waals surface area contributed by atoms with Gasteiger partial charge in [0, 0.05) is 111 Å². The van der Waals surface area contributed by atoms with Crippen LogP contribution in [-0.2, 0) is 26.2 Å². The van der Waals surface area contributed by atoms with Gasteiger partial charge in [-0.05, 0) is 145 Å². The zero-order valence-corrected chi connectivity index (χ0v) is 65.4. The molecule has 35 heteroatoms. The molecule has 0 bridgehead atoms. The lowest BCUT2D eigenvalue weighted by Gasteiger charge is -2.10. The molecule has 121 heavy (non-hydrogen) atoms. The number of aromatic nitrogens is 14. The first kappa shape index (κ1) is 78.0. The smallest absolute Gasteiger partial charge is 0.353 e. The number of H-pyrrole nitrogens is 4. The zero-order chi connectivity index (χ0) is 84.2. The summed E-state index contributed by atoms with van der Waals surface area (Å²) in [5.74, 6) is -5.95. The molecule has 0 saturated carbocycles. The minimum atomic E-state index is -1.27. The third-order valence-electron chi connectivity index (χ3n) is 20.3. The molecule has 0 aliphatic carbocycles. The van der Waals surface area contributed by atoms with Crippen LogP contribution in [-0.4, -0.2) is 112 Å². The van der Waals surface area contributed by atoms with E-state index in [-0.39, 0.29) is 93.5 Å². The van der Waals surface area contributed by atoms with Gasteiger partial charge in [0.25, 0.3) is 22.2 Å². The molecular formula is C86H57F3N16O12S4. The number of nitrogen functional groups attached to an aromatic ring is 2. The number of carboxylic acid groups (broad SMARTS) is 4. The fourth-order valence-electron chi connectivity index (χ4n) is 15.3. The first-order chi connectivity index (χ1) is 58.6. The minimum absolute atomic E-state index is 0.00515. The number of nitrogens with zero attached hydrogens (tertiary/aromatic N) is 10. The fourth-order valence-corrected chi connectivity index (χ4v) is 18.3. The van der Waals surface area contributed by atoms with Crippen LogP contribution < -0.4 is 33.7 Å². The summed E-state index contributed by atoms with van der Waals surface area (Å²) in [6.07, 6.45) is 9.15. The number of aromatic carboxylic acids is 4. The number of nitrogens with two attached hydrogens (primary N) is 2. The maximum absolute atomic E-state index is 14.4. The molecule has 0 aliphatic heterocycles. The van der Waals surface area contributed by atoms with Crippen molar-refractivity contribution in [2.75, 3.05) is 11.5 Å². The number of nitrogens with one attached hydrogen (secondary N) is 4.